The van der Waals surface area contributed by atoms with Crippen LogP contribution < -0.4 is 5.32 Å². The SMILES string of the molecule is CC(C)c1cccc(C(C)C)c1NC(=O)N=C1CCCN1C. The minimum absolute atomic E-state index is 0.265. The summed E-state index contributed by atoms with van der Waals surface area (Å²) in [5, 5.41) is 3.04. The maximum Gasteiger partial charge on any atom is 0.347 e. The van der Waals surface area contributed by atoms with Gasteiger partial charge in [0, 0.05) is 25.7 Å². The summed E-state index contributed by atoms with van der Waals surface area (Å²) in [5.74, 6) is 1.59. The zero-order chi connectivity index (χ0) is 16.3. The third-order valence-corrected chi connectivity index (χ3v) is 4.17. The fraction of sp³-hybridized carbons (Fsp3) is 0.556. The average molecular weight is 301 g/mol. The Morgan fingerprint density at radius 1 is 1.18 bits per heavy atom. The summed E-state index contributed by atoms with van der Waals surface area (Å²) in [6.07, 6.45) is 1.95. The van der Waals surface area contributed by atoms with Gasteiger partial charge in [-0.05, 0) is 29.4 Å². The van der Waals surface area contributed by atoms with Gasteiger partial charge in [0.1, 0.15) is 5.84 Å². The first-order valence-electron chi connectivity index (χ1n) is 8.12. The van der Waals surface area contributed by atoms with E-state index in [0.717, 1.165) is 30.9 Å². The van der Waals surface area contributed by atoms with Gasteiger partial charge >= 0.3 is 6.03 Å². The summed E-state index contributed by atoms with van der Waals surface area (Å²) >= 11 is 0. The Hall–Kier alpha value is -1.84. The molecule has 1 aliphatic heterocycles. The van der Waals surface area contributed by atoms with Crippen molar-refractivity contribution >= 4 is 17.6 Å². The lowest BCUT2D eigenvalue weighted by Gasteiger charge is -2.19. The molecule has 1 aromatic rings. The number of likely N-dealkylation sites (tertiary alicyclic amines) is 1. The first kappa shape index (κ1) is 16.5. The van der Waals surface area contributed by atoms with Gasteiger partial charge in [0.15, 0.2) is 0 Å². The number of amidine groups is 1. The topological polar surface area (TPSA) is 44.7 Å². The van der Waals surface area contributed by atoms with E-state index in [1.165, 1.54) is 11.1 Å². The van der Waals surface area contributed by atoms with Gasteiger partial charge in [-0.15, -0.1) is 0 Å². The molecule has 4 heteroatoms. The van der Waals surface area contributed by atoms with Gasteiger partial charge in [0.05, 0.1) is 0 Å². The number of urea groups is 1. The molecule has 0 aliphatic carbocycles. The van der Waals surface area contributed by atoms with E-state index in [1.54, 1.807) is 0 Å². The maximum atomic E-state index is 12.3. The van der Waals surface area contributed by atoms with Gasteiger partial charge in [-0.25, -0.2) is 4.79 Å². The van der Waals surface area contributed by atoms with Crippen molar-refractivity contribution in [2.24, 2.45) is 4.99 Å². The van der Waals surface area contributed by atoms with Crippen LogP contribution in [0, 0.1) is 0 Å². The quantitative estimate of drug-likeness (QED) is 0.887. The predicted octanol–water partition coefficient (Wildman–Crippen LogP) is 4.59. The van der Waals surface area contributed by atoms with Gasteiger partial charge in [0.25, 0.3) is 0 Å². The van der Waals surface area contributed by atoms with Gasteiger partial charge in [0.2, 0.25) is 0 Å². The monoisotopic (exact) mass is 301 g/mol. The lowest BCUT2D eigenvalue weighted by molar-refractivity contribution is 0.259. The molecule has 120 valence electrons. The molecule has 0 aromatic heterocycles. The molecular weight excluding hydrogens is 274 g/mol. The zero-order valence-corrected chi connectivity index (χ0v) is 14.3. The van der Waals surface area contributed by atoms with Gasteiger partial charge in [-0.3, -0.25) is 0 Å². The average Bonchev–Trinajstić information content (AvgIpc) is 2.83. The molecule has 1 fully saturated rings. The molecule has 1 saturated heterocycles. The molecule has 2 rings (SSSR count). The second-order valence-corrected chi connectivity index (χ2v) is 6.60. The summed E-state index contributed by atoms with van der Waals surface area (Å²) in [4.78, 5) is 18.6. The second-order valence-electron chi connectivity index (χ2n) is 6.60. The largest absolute Gasteiger partial charge is 0.363 e. The fourth-order valence-electron chi connectivity index (χ4n) is 2.88. The predicted molar refractivity (Wildman–Crippen MR) is 92.9 cm³/mol. The Morgan fingerprint density at radius 2 is 1.77 bits per heavy atom. The smallest absolute Gasteiger partial charge is 0.347 e. The van der Waals surface area contributed by atoms with E-state index in [9.17, 15) is 4.79 Å². The molecule has 0 saturated carbocycles. The highest BCUT2D eigenvalue weighted by atomic mass is 16.2. The minimum atomic E-state index is -0.265. The van der Waals surface area contributed by atoms with E-state index in [4.69, 9.17) is 0 Å². The molecule has 1 heterocycles. The molecule has 0 unspecified atom stereocenters. The van der Waals surface area contributed by atoms with Crippen LogP contribution in [0.5, 0.6) is 0 Å². The molecule has 0 atom stereocenters. The van der Waals surface area contributed by atoms with Crippen LogP contribution in [0.15, 0.2) is 23.2 Å². The Morgan fingerprint density at radius 3 is 2.23 bits per heavy atom. The number of amides is 2. The van der Waals surface area contributed by atoms with Crippen LogP contribution in [0.25, 0.3) is 0 Å². The van der Waals surface area contributed by atoms with Crippen LogP contribution in [0.2, 0.25) is 0 Å². The van der Waals surface area contributed by atoms with Crippen molar-refractivity contribution in [1.82, 2.24) is 4.90 Å². The van der Waals surface area contributed by atoms with Crippen LogP contribution in [-0.4, -0.2) is 30.4 Å². The summed E-state index contributed by atoms with van der Waals surface area (Å²) in [5.41, 5.74) is 3.27. The van der Waals surface area contributed by atoms with Crippen molar-refractivity contribution in [3.05, 3.63) is 29.3 Å². The van der Waals surface area contributed by atoms with E-state index in [-0.39, 0.29) is 6.03 Å². The van der Waals surface area contributed by atoms with Gasteiger partial charge in [-0.1, -0.05) is 45.9 Å². The number of aliphatic imine (C=N–C) groups is 1. The third kappa shape index (κ3) is 3.67. The Balaban J connectivity index is 2.29. The first-order valence-corrected chi connectivity index (χ1v) is 8.12. The van der Waals surface area contributed by atoms with Crippen molar-refractivity contribution in [1.29, 1.82) is 0 Å². The van der Waals surface area contributed by atoms with Crippen LogP contribution in [0.1, 0.15) is 63.5 Å². The Labute approximate surface area is 133 Å². The van der Waals surface area contributed by atoms with Crippen LogP contribution in [-0.2, 0) is 0 Å². The number of nitrogens with one attached hydrogen (secondary N) is 1. The molecule has 0 radical (unpaired) electrons. The molecule has 1 aliphatic rings. The molecule has 4 nitrogen and oxygen atoms in total. The molecule has 2 amide bonds. The van der Waals surface area contributed by atoms with E-state index in [1.807, 2.05) is 7.05 Å². The number of benzene rings is 1. The second kappa shape index (κ2) is 6.95. The number of anilines is 1. The highest BCUT2D eigenvalue weighted by molar-refractivity contribution is 6.01. The lowest BCUT2D eigenvalue weighted by atomic mass is 9.93. The van der Waals surface area contributed by atoms with Crippen molar-refractivity contribution < 1.29 is 4.79 Å². The first-order chi connectivity index (χ1) is 10.4. The fourth-order valence-corrected chi connectivity index (χ4v) is 2.88. The van der Waals surface area contributed by atoms with Crippen molar-refractivity contribution in [2.45, 2.75) is 52.4 Å². The number of rotatable bonds is 3. The highest BCUT2D eigenvalue weighted by Gasteiger charge is 2.18. The third-order valence-electron chi connectivity index (χ3n) is 4.17. The molecule has 0 bridgehead atoms. The standard InChI is InChI=1S/C18H27N3O/c1-12(2)14-8-6-9-15(13(3)4)17(14)20-18(22)19-16-10-7-11-21(16)5/h6,8-9,12-13H,7,10-11H2,1-5H3,(H,20,22). The maximum absolute atomic E-state index is 12.3. The van der Waals surface area contributed by atoms with Crippen molar-refractivity contribution in [3.63, 3.8) is 0 Å². The van der Waals surface area contributed by atoms with E-state index in [2.05, 4.69) is 61.1 Å². The molecular formula is C18H27N3O. The van der Waals surface area contributed by atoms with Crippen LogP contribution >= 0.6 is 0 Å². The number of carbonyl (C=O) groups is 1. The highest BCUT2D eigenvalue weighted by Crippen LogP contribution is 2.32. The summed E-state index contributed by atoms with van der Waals surface area (Å²) in [7, 11) is 1.99. The number of carbonyl (C=O) groups excluding carboxylic acids is 1. The minimum Gasteiger partial charge on any atom is -0.363 e. The lowest BCUT2D eigenvalue weighted by Crippen LogP contribution is -2.22. The van der Waals surface area contributed by atoms with E-state index < -0.39 is 0 Å². The molecule has 22 heavy (non-hydrogen) atoms. The van der Waals surface area contributed by atoms with Crippen molar-refractivity contribution in [3.8, 4) is 0 Å². The van der Waals surface area contributed by atoms with Gasteiger partial charge < -0.3 is 10.2 Å². The molecule has 1 N–H and O–H groups in total. The summed E-state index contributed by atoms with van der Waals surface area (Å²) < 4.78 is 0. The normalized spacial score (nSPS) is 16.9. The van der Waals surface area contributed by atoms with E-state index >= 15 is 0 Å². The number of para-hydroxylation sites is 1. The number of nitrogens with zero attached hydrogens (tertiary/aromatic N) is 2. The number of hydrogen-bond acceptors (Lipinski definition) is 1. The summed E-state index contributed by atoms with van der Waals surface area (Å²) in [6, 6.07) is 5.97. The van der Waals surface area contributed by atoms with Crippen molar-refractivity contribution in [2.75, 3.05) is 18.9 Å². The van der Waals surface area contributed by atoms with Crippen LogP contribution in [0.3, 0.4) is 0 Å². The molecule has 0 spiro atoms. The van der Waals surface area contributed by atoms with E-state index in [0.29, 0.717) is 11.8 Å². The van der Waals surface area contributed by atoms with Crippen LogP contribution in [0.4, 0.5) is 10.5 Å². The Bertz CT molecular complexity index is 549. The summed E-state index contributed by atoms with van der Waals surface area (Å²) in [6.45, 7) is 9.56. The molecule has 1 aromatic carbocycles. The zero-order valence-electron chi connectivity index (χ0n) is 14.3. The number of hydrogen-bond donors (Lipinski definition) is 1. The van der Waals surface area contributed by atoms with Gasteiger partial charge in [-0.2, -0.15) is 4.99 Å². The Kier molecular flexibility index (Phi) is 5.22.